The zero-order valence-corrected chi connectivity index (χ0v) is 9.11. The van der Waals surface area contributed by atoms with Crippen molar-refractivity contribution in [1.29, 1.82) is 0 Å². The van der Waals surface area contributed by atoms with Crippen molar-refractivity contribution in [2.24, 2.45) is 5.73 Å². The summed E-state index contributed by atoms with van der Waals surface area (Å²) in [5, 5.41) is 0. The molecule has 0 atom stereocenters. The van der Waals surface area contributed by atoms with Gasteiger partial charge in [-0.3, -0.25) is 0 Å². The van der Waals surface area contributed by atoms with Crippen LogP contribution in [0.4, 0.5) is 0 Å². The summed E-state index contributed by atoms with van der Waals surface area (Å²) in [4.78, 5) is 3.99. The summed E-state index contributed by atoms with van der Waals surface area (Å²) < 4.78 is 2.98. The first-order valence-corrected chi connectivity index (χ1v) is 5.07. The number of nitrogens with two attached hydrogens (primary N) is 1. The van der Waals surface area contributed by atoms with Crippen LogP contribution in [0.2, 0.25) is 0 Å². The van der Waals surface area contributed by atoms with Gasteiger partial charge in [0, 0.05) is 29.1 Å². The lowest BCUT2D eigenvalue weighted by atomic mass is 10.2. The average molecular weight is 252 g/mol. The van der Waals surface area contributed by atoms with Crippen LogP contribution in [0, 0.1) is 0 Å². The maximum Gasteiger partial charge on any atom is 0.0991 e. The molecule has 0 radical (unpaired) electrons. The van der Waals surface area contributed by atoms with Crippen molar-refractivity contribution in [2.75, 3.05) is 0 Å². The number of rotatable bonds is 2. The molecule has 14 heavy (non-hydrogen) atoms. The molecule has 0 bridgehead atoms. The van der Waals surface area contributed by atoms with Crippen molar-refractivity contribution in [3.05, 3.63) is 47.0 Å². The molecule has 0 aliphatic heterocycles. The van der Waals surface area contributed by atoms with Crippen LogP contribution in [0.3, 0.4) is 0 Å². The zero-order chi connectivity index (χ0) is 9.97. The molecule has 0 saturated carbocycles. The first-order chi connectivity index (χ1) is 6.81. The van der Waals surface area contributed by atoms with Crippen LogP contribution in [-0.4, -0.2) is 9.55 Å². The number of halogens is 1. The van der Waals surface area contributed by atoms with Crippen molar-refractivity contribution in [3.63, 3.8) is 0 Å². The third kappa shape index (κ3) is 1.71. The Morgan fingerprint density at radius 3 is 2.86 bits per heavy atom. The van der Waals surface area contributed by atoms with E-state index >= 15 is 0 Å². The van der Waals surface area contributed by atoms with E-state index in [0.717, 1.165) is 15.7 Å². The van der Waals surface area contributed by atoms with Crippen molar-refractivity contribution in [1.82, 2.24) is 9.55 Å². The van der Waals surface area contributed by atoms with Crippen LogP contribution in [-0.2, 0) is 6.54 Å². The van der Waals surface area contributed by atoms with Crippen LogP contribution in [0.1, 0.15) is 5.56 Å². The van der Waals surface area contributed by atoms with Crippen molar-refractivity contribution < 1.29 is 0 Å². The summed E-state index contributed by atoms with van der Waals surface area (Å²) >= 11 is 3.48. The summed E-state index contributed by atoms with van der Waals surface area (Å²) in [6.07, 6.45) is 5.43. The number of aromatic nitrogens is 2. The second-order valence-electron chi connectivity index (χ2n) is 2.95. The van der Waals surface area contributed by atoms with Gasteiger partial charge in [-0.1, -0.05) is 22.0 Å². The summed E-state index contributed by atoms with van der Waals surface area (Å²) in [6, 6.07) is 6.07. The maximum absolute atomic E-state index is 5.57. The Kier molecular flexibility index (Phi) is 2.65. The highest BCUT2D eigenvalue weighted by atomic mass is 79.9. The lowest BCUT2D eigenvalue weighted by molar-refractivity contribution is 1.03. The minimum Gasteiger partial charge on any atom is -0.326 e. The fourth-order valence-electron chi connectivity index (χ4n) is 1.27. The van der Waals surface area contributed by atoms with Crippen molar-refractivity contribution >= 4 is 15.9 Å². The molecule has 2 aromatic rings. The number of hydrogen-bond donors (Lipinski definition) is 1. The number of hydrogen-bond acceptors (Lipinski definition) is 2. The van der Waals surface area contributed by atoms with Crippen LogP contribution in [0.25, 0.3) is 5.69 Å². The van der Waals surface area contributed by atoms with Crippen molar-refractivity contribution in [2.45, 2.75) is 6.54 Å². The van der Waals surface area contributed by atoms with Gasteiger partial charge in [-0.25, -0.2) is 4.98 Å². The predicted molar refractivity (Wildman–Crippen MR) is 59.2 cm³/mol. The fourth-order valence-corrected chi connectivity index (χ4v) is 1.80. The average Bonchev–Trinajstić information content (AvgIpc) is 2.70. The highest BCUT2D eigenvalue weighted by Gasteiger charge is 2.00. The molecule has 72 valence electrons. The highest BCUT2D eigenvalue weighted by Crippen LogP contribution is 2.20. The number of benzene rings is 1. The van der Waals surface area contributed by atoms with Crippen LogP contribution >= 0.6 is 15.9 Å². The lowest BCUT2D eigenvalue weighted by Gasteiger charge is -2.05. The second kappa shape index (κ2) is 3.94. The van der Waals surface area contributed by atoms with Gasteiger partial charge in [0.2, 0.25) is 0 Å². The second-order valence-corrected chi connectivity index (χ2v) is 3.80. The molecule has 0 unspecified atom stereocenters. The lowest BCUT2D eigenvalue weighted by Crippen LogP contribution is -1.98. The molecular formula is C10H10BrN3. The van der Waals surface area contributed by atoms with Gasteiger partial charge in [0.1, 0.15) is 0 Å². The van der Waals surface area contributed by atoms with Gasteiger partial charge in [0.15, 0.2) is 0 Å². The summed E-state index contributed by atoms with van der Waals surface area (Å²) in [5.74, 6) is 0. The molecule has 3 nitrogen and oxygen atoms in total. The van der Waals surface area contributed by atoms with E-state index in [1.807, 2.05) is 29.0 Å². The smallest absolute Gasteiger partial charge is 0.0991 e. The SMILES string of the molecule is NCc1ccc(-n2ccnc2)cc1Br. The molecule has 1 heterocycles. The molecule has 2 rings (SSSR count). The van der Waals surface area contributed by atoms with Gasteiger partial charge in [-0.05, 0) is 17.7 Å². The van der Waals surface area contributed by atoms with E-state index in [9.17, 15) is 0 Å². The van der Waals surface area contributed by atoms with E-state index in [4.69, 9.17) is 5.73 Å². The molecule has 4 heteroatoms. The van der Waals surface area contributed by atoms with Gasteiger partial charge < -0.3 is 10.3 Å². The topological polar surface area (TPSA) is 43.8 Å². The summed E-state index contributed by atoms with van der Waals surface area (Å²) in [6.45, 7) is 0.546. The minimum atomic E-state index is 0.546. The number of imidazole rings is 1. The molecule has 0 saturated heterocycles. The predicted octanol–water partition coefficient (Wildman–Crippen LogP) is 2.09. The molecule has 2 N–H and O–H groups in total. The van der Waals surface area contributed by atoms with Crippen LogP contribution in [0.15, 0.2) is 41.4 Å². The maximum atomic E-state index is 5.57. The molecule has 0 spiro atoms. The molecule has 1 aromatic heterocycles. The minimum absolute atomic E-state index is 0.546. The highest BCUT2D eigenvalue weighted by molar-refractivity contribution is 9.10. The molecule has 1 aromatic carbocycles. The zero-order valence-electron chi connectivity index (χ0n) is 7.52. The normalized spacial score (nSPS) is 10.4. The third-order valence-electron chi connectivity index (χ3n) is 2.06. The molecule has 0 aliphatic carbocycles. The van der Waals surface area contributed by atoms with E-state index in [1.165, 1.54) is 0 Å². The molecule has 0 aliphatic rings. The van der Waals surface area contributed by atoms with Gasteiger partial charge in [0.05, 0.1) is 6.33 Å². The van der Waals surface area contributed by atoms with E-state index in [2.05, 4.69) is 20.9 Å². The summed E-state index contributed by atoms with van der Waals surface area (Å²) in [5.41, 5.74) is 7.75. The Labute approximate surface area is 90.7 Å². The number of nitrogens with zero attached hydrogens (tertiary/aromatic N) is 2. The largest absolute Gasteiger partial charge is 0.326 e. The van der Waals surface area contributed by atoms with Gasteiger partial charge in [-0.15, -0.1) is 0 Å². The quantitative estimate of drug-likeness (QED) is 0.889. The van der Waals surface area contributed by atoms with Gasteiger partial charge in [0.25, 0.3) is 0 Å². The molecule has 0 fully saturated rings. The van der Waals surface area contributed by atoms with Crippen LogP contribution in [0.5, 0.6) is 0 Å². The van der Waals surface area contributed by atoms with E-state index in [0.29, 0.717) is 6.54 Å². The first-order valence-electron chi connectivity index (χ1n) is 4.28. The standard InChI is InChI=1S/C10H10BrN3/c11-10-5-9(2-1-8(10)6-12)14-4-3-13-7-14/h1-5,7H,6,12H2. The van der Waals surface area contributed by atoms with E-state index in [-0.39, 0.29) is 0 Å². The first kappa shape index (κ1) is 9.43. The Morgan fingerprint density at radius 2 is 2.29 bits per heavy atom. The molecular weight excluding hydrogens is 242 g/mol. The fraction of sp³-hybridized carbons (Fsp3) is 0.100. The Morgan fingerprint density at radius 1 is 1.43 bits per heavy atom. The van der Waals surface area contributed by atoms with Crippen LogP contribution < -0.4 is 5.73 Å². The van der Waals surface area contributed by atoms with Crippen molar-refractivity contribution in [3.8, 4) is 5.69 Å². The van der Waals surface area contributed by atoms with E-state index in [1.54, 1.807) is 12.5 Å². The molecule has 0 amide bonds. The van der Waals surface area contributed by atoms with Gasteiger partial charge in [-0.2, -0.15) is 0 Å². The third-order valence-corrected chi connectivity index (χ3v) is 2.80. The summed E-state index contributed by atoms with van der Waals surface area (Å²) in [7, 11) is 0. The Bertz CT molecular complexity index is 423. The Balaban J connectivity index is 2.43. The Hall–Kier alpha value is -1.13. The monoisotopic (exact) mass is 251 g/mol. The van der Waals surface area contributed by atoms with E-state index < -0.39 is 0 Å². The van der Waals surface area contributed by atoms with Gasteiger partial charge >= 0.3 is 0 Å².